The van der Waals surface area contributed by atoms with Crippen LogP contribution in [0.3, 0.4) is 0 Å². The fourth-order valence-corrected chi connectivity index (χ4v) is 0.999. The summed E-state index contributed by atoms with van der Waals surface area (Å²) in [5.41, 5.74) is -0.380. The van der Waals surface area contributed by atoms with Crippen molar-refractivity contribution in [3.63, 3.8) is 0 Å². The van der Waals surface area contributed by atoms with E-state index in [2.05, 4.69) is 0 Å². The van der Waals surface area contributed by atoms with Gasteiger partial charge < -0.3 is 40.9 Å². The molecule has 0 radical (unpaired) electrons. The number of aliphatic hydroxyl groups is 4. The number of benzene rings is 1. The molecule has 0 aliphatic heterocycles. The molecule has 1 rings (SSSR count). The number of rotatable bonds is 6. The van der Waals surface area contributed by atoms with Gasteiger partial charge in [0.05, 0.1) is 37.1 Å². The second kappa shape index (κ2) is 19.4. The van der Waals surface area contributed by atoms with Gasteiger partial charge >= 0.3 is 23.9 Å². The average Bonchev–Trinajstić information content (AvgIpc) is 2.67. The minimum atomic E-state index is -1.26. The largest absolute Gasteiger partial charge is 0.478 e. The molecule has 0 spiro atoms. The van der Waals surface area contributed by atoms with E-state index in [9.17, 15) is 19.2 Å². The maximum atomic E-state index is 10.5. The van der Waals surface area contributed by atoms with Crippen LogP contribution in [-0.4, -0.2) is 90.7 Å². The quantitative estimate of drug-likeness (QED) is 0.262. The Morgan fingerprint density at radius 2 is 1.07 bits per heavy atom. The molecule has 0 fully saturated rings. The predicted octanol–water partition coefficient (Wildman–Crippen LogP) is -0.875. The molecule has 0 heterocycles. The Bertz CT molecular complexity index is 601. The van der Waals surface area contributed by atoms with Gasteiger partial charge in [-0.1, -0.05) is 12.1 Å². The number of carboxylic acid groups (broad SMARTS) is 4. The van der Waals surface area contributed by atoms with Gasteiger partial charge in [-0.3, -0.25) is 0 Å². The molecule has 29 heavy (non-hydrogen) atoms. The molecule has 0 aliphatic carbocycles. The molecule has 0 aromatic heterocycles. The van der Waals surface area contributed by atoms with Crippen molar-refractivity contribution in [1.82, 2.24) is 0 Å². The number of carboxylic acids is 4. The minimum Gasteiger partial charge on any atom is -0.478 e. The molecule has 8 N–H and O–H groups in total. The summed E-state index contributed by atoms with van der Waals surface area (Å²) < 4.78 is 0. The van der Waals surface area contributed by atoms with Crippen LogP contribution in [0.1, 0.15) is 27.6 Å². The summed E-state index contributed by atoms with van der Waals surface area (Å²) in [7, 11) is 0. The van der Waals surface area contributed by atoms with Gasteiger partial charge in [0, 0.05) is 12.2 Å². The summed E-state index contributed by atoms with van der Waals surface area (Å²) in [6.07, 6.45) is 0.556. The predicted molar refractivity (Wildman–Crippen MR) is 97.7 cm³/mol. The molecule has 0 amide bonds. The SMILES string of the molecule is CC(O)CO.O=C(O)C=CC(=O)O.O=C(O)c1ccccc1C(=O)O.OCCO. The molecule has 0 aliphatic rings. The monoisotopic (exact) mass is 420 g/mol. The fourth-order valence-electron chi connectivity index (χ4n) is 0.999. The Balaban J connectivity index is -0.000000345. The van der Waals surface area contributed by atoms with E-state index in [0.29, 0.717) is 12.2 Å². The van der Waals surface area contributed by atoms with E-state index >= 15 is 0 Å². The van der Waals surface area contributed by atoms with Gasteiger partial charge in [-0.25, -0.2) is 19.2 Å². The topological polar surface area (TPSA) is 230 Å². The summed E-state index contributed by atoms with van der Waals surface area (Å²) in [4.78, 5) is 40.0. The Kier molecular flexibility index (Phi) is 20.4. The van der Waals surface area contributed by atoms with Crippen molar-refractivity contribution in [3.8, 4) is 0 Å². The van der Waals surface area contributed by atoms with Crippen molar-refractivity contribution in [3.05, 3.63) is 47.5 Å². The van der Waals surface area contributed by atoms with Crippen molar-refractivity contribution >= 4 is 23.9 Å². The summed E-state index contributed by atoms with van der Waals surface area (Å²) in [5, 5.41) is 64.0. The third kappa shape index (κ3) is 22.6. The number of hydrogen-bond donors (Lipinski definition) is 8. The van der Waals surface area contributed by atoms with Gasteiger partial charge in [0.25, 0.3) is 0 Å². The van der Waals surface area contributed by atoms with Crippen molar-refractivity contribution in [2.45, 2.75) is 13.0 Å². The summed E-state index contributed by atoms with van der Waals surface area (Å²) in [6, 6.07) is 5.48. The van der Waals surface area contributed by atoms with E-state index < -0.39 is 30.0 Å². The summed E-state index contributed by atoms with van der Waals surface area (Å²) in [6.45, 7) is 1.14. The van der Waals surface area contributed by atoms with Crippen molar-refractivity contribution < 1.29 is 60.0 Å². The number of aliphatic carboxylic acids is 2. The van der Waals surface area contributed by atoms with Crippen LogP contribution in [0.25, 0.3) is 0 Å². The normalized spacial score (nSPS) is 10.1. The van der Waals surface area contributed by atoms with Crippen LogP contribution in [0.5, 0.6) is 0 Å². The van der Waals surface area contributed by atoms with Gasteiger partial charge in [-0.05, 0) is 19.1 Å². The average molecular weight is 420 g/mol. The van der Waals surface area contributed by atoms with Crippen molar-refractivity contribution in [2.24, 2.45) is 0 Å². The Hall–Kier alpha value is -3.32. The van der Waals surface area contributed by atoms with Gasteiger partial charge in [-0.2, -0.15) is 0 Å². The van der Waals surface area contributed by atoms with E-state index in [4.69, 9.17) is 40.9 Å². The second-order valence-electron chi connectivity index (χ2n) is 4.64. The molecular formula is C17H24O12. The zero-order valence-corrected chi connectivity index (χ0v) is 15.4. The lowest BCUT2D eigenvalue weighted by atomic mass is 10.1. The molecule has 12 heteroatoms. The summed E-state index contributed by atoms with van der Waals surface area (Å²) >= 11 is 0. The maximum absolute atomic E-state index is 10.5. The third-order valence-corrected chi connectivity index (χ3v) is 2.12. The summed E-state index contributed by atoms with van der Waals surface area (Å²) in [5.74, 6) is -4.97. The molecule has 1 aromatic carbocycles. The first-order valence-corrected chi connectivity index (χ1v) is 7.64. The van der Waals surface area contributed by atoms with Gasteiger partial charge in [0.1, 0.15) is 0 Å². The number of carbonyl (C=O) groups is 4. The highest BCUT2D eigenvalue weighted by molar-refractivity contribution is 6.01. The van der Waals surface area contributed by atoms with Crippen LogP contribution < -0.4 is 0 Å². The highest BCUT2D eigenvalue weighted by atomic mass is 16.4. The number of aromatic carboxylic acids is 2. The lowest BCUT2D eigenvalue weighted by Crippen LogP contribution is -2.06. The second-order valence-corrected chi connectivity index (χ2v) is 4.64. The first-order chi connectivity index (χ1) is 13.4. The third-order valence-electron chi connectivity index (χ3n) is 2.12. The van der Waals surface area contributed by atoms with Crippen molar-refractivity contribution in [1.29, 1.82) is 0 Å². The Morgan fingerprint density at radius 3 is 1.21 bits per heavy atom. The van der Waals surface area contributed by atoms with E-state index in [-0.39, 0.29) is 30.9 Å². The van der Waals surface area contributed by atoms with E-state index in [1.807, 2.05) is 0 Å². The number of aliphatic hydroxyl groups excluding tert-OH is 4. The standard InChI is InChI=1S/C8H6O4.C4H4O4.C3H8O2.C2H6O2/c9-7(10)5-3-1-2-4-6(5)8(11)12;5-3(6)1-2-4(7)8;1-3(5)2-4;3-1-2-4/h1-4H,(H,9,10)(H,11,12);1-2H,(H,5,6)(H,7,8);3-5H,2H2,1H3;3-4H,1-2H2. The zero-order valence-electron chi connectivity index (χ0n) is 15.4. The van der Waals surface area contributed by atoms with E-state index in [1.54, 1.807) is 0 Å². The zero-order chi connectivity index (χ0) is 23.4. The van der Waals surface area contributed by atoms with Crippen LogP contribution in [-0.2, 0) is 9.59 Å². The highest BCUT2D eigenvalue weighted by Gasteiger charge is 2.13. The maximum Gasteiger partial charge on any atom is 0.336 e. The molecule has 0 bridgehead atoms. The lowest BCUT2D eigenvalue weighted by molar-refractivity contribution is -0.134. The van der Waals surface area contributed by atoms with Gasteiger partial charge in [0.2, 0.25) is 0 Å². The molecule has 0 saturated carbocycles. The smallest absolute Gasteiger partial charge is 0.336 e. The van der Waals surface area contributed by atoms with Crippen LogP contribution in [0.2, 0.25) is 0 Å². The minimum absolute atomic E-state index is 0.125. The van der Waals surface area contributed by atoms with Gasteiger partial charge in [0.15, 0.2) is 0 Å². The Morgan fingerprint density at radius 1 is 0.793 bits per heavy atom. The first kappa shape index (κ1) is 30.4. The van der Waals surface area contributed by atoms with Gasteiger partial charge in [-0.15, -0.1) is 0 Å². The highest BCUT2D eigenvalue weighted by Crippen LogP contribution is 2.07. The molecule has 164 valence electrons. The van der Waals surface area contributed by atoms with Crippen molar-refractivity contribution in [2.75, 3.05) is 19.8 Å². The lowest BCUT2D eigenvalue weighted by Gasteiger charge is -1.98. The Labute approximate surface area is 165 Å². The van der Waals surface area contributed by atoms with E-state index in [1.165, 1.54) is 31.2 Å². The molecule has 1 atom stereocenters. The molecule has 12 nitrogen and oxygen atoms in total. The van der Waals surface area contributed by atoms with Crippen LogP contribution in [0, 0.1) is 0 Å². The molecular weight excluding hydrogens is 396 g/mol. The molecule has 1 unspecified atom stereocenters. The fraction of sp³-hybridized carbons (Fsp3) is 0.294. The van der Waals surface area contributed by atoms with Crippen LogP contribution >= 0.6 is 0 Å². The van der Waals surface area contributed by atoms with Crippen LogP contribution in [0.4, 0.5) is 0 Å². The molecule has 0 saturated heterocycles. The first-order valence-electron chi connectivity index (χ1n) is 7.64. The molecule has 1 aromatic rings. The van der Waals surface area contributed by atoms with Crippen LogP contribution in [0.15, 0.2) is 36.4 Å². The number of hydrogen-bond acceptors (Lipinski definition) is 8. The van der Waals surface area contributed by atoms with E-state index in [0.717, 1.165) is 0 Å².